The van der Waals surface area contributed by atoms with Gasteiger partial charge < -0.3 is 15.2 Å². The van der Waals surface area contributed by atoms with Crippen LogP contribution in [0.4, 0.5) is 5.88 Å². The van der Waals surface area contributed by atoms with Crippen molar-refractivity contribution in [1.29, 1.82) is 0 Å². The van der Waals surface area contributed by atoms with Gasteiger partial charge in [-0.05, 0) is 0 Å². The van der Waals surface area contributed by atoms with Crippen LogP contribution in [0.3, 0.4) is 0 Å². The lowest BCUT2D eigenvalue weighted by Crippen LogP contribution is -2.21. The van der Waals surface area contributed by atoms with Crippen molar-refractivity contribution in [3.63, 3.8) is 0 Å². The third-order valence-electron chi connectivity index (χ3n) is 1.23. The van der Waals surface area contributed by atoms with E-state index in [2.05, 4.69) is 9.68 Å². The molecule has 0 atom stereocenters. The van der Waals surface area contributed by atoms with E-state index < -0.39 is 0 Å². The molecule has 0 saturated carbocycles. The molecule has 1 heterocycles. The Kier molecular flexibility index (Phi) is 1.80. The van der Waals surface area contributed by atoms with Crippen LogP contribution >= 0.6 is 0 Å². The van der Waals surface area contributed by atoms with Crippen LogP contribution in [0.25, 0.3) is 0 Å². The smallest absolute Gasteiger partial charge is 0.260 e. The fourth-order valence-corrected chi connectivity index (χ4v) is 0.650. The molecule has 11 heavy (non-hydrogen) atoms. The highest BCUT2D eigenvalue weighted by Gasteiger charge is 2.14. The Morgan fingerprint density at radius 2 is 2.36 bits per heavy atom. The Morgan fingerprint density at radius 1 is 1.73 bits per heavy atom. The minimum atomic E-state index is -0.205. The van der Waals surface area contributed by atoms with E-state index in [9.17, 15) is 4.79 Å². The molecule has 0 unspecified atom stereocenters. The largest absolute Gasteiger partial charge is 0.367 e. The van der Waals surface area contributed by atoms with Crippen LogP contribution in [0.2, 0.25) is 0 Å². The number of anilines is 1. The summed E-state index contributed by atoms with van der Waals surface area (Å²) in [6.07, 6.45) is 1.30. The molecular weight excluding hydrogens is 146 g/mol. The van der Waals surface area contributed by atoms with E-state index in [4.69, 9.17) is 5.73 Å². The van der Waals surface area contributed by atoms with Crippen molar-refractivity contribution in [2.45, 2.75) is 0 Å². The second-order valence-electron chi connectivity index (χ2n) is 2.30. The molecule has 5 heteroatoms. The van der Waals surface area contributed by atoms with E-state index in [1.165, 1.54) is 11.1 Å². The second-order valence-corrected chi connectivity index (χ2v) is 2.30. The quantitative estimate of drug-likeness (QED) is 0.617. The van der Waals surface area contributed by atoms with Gasteiger partial charge in [-0.3, -0.25) is 4.79 Å². The van der Waals surface area contributed by atoms with Crippen molar-refractivity contribution in [2.75, 3.05) is 19.8 Å². The van der Waals surface area contributed by atoms with Gasteiger partial charge in [0.1, 0.15) is 5.56 Å². The van der Waals surface area contributed by atoms with Crippen LogP contribution in [0, 0.1) is 0 Å². The molecule has 0 spiro atoms. The highest BCUT2D eigenvalue weighted by Crippen LogP contribution is 2.10. The minimum Gasteiger partial charge on any atom is -0.367 e. The predicted octanol–water partition coefficient (Wildman–Crippen LogP) is -0.0414. The Labute approximate surface area is 63.8 Å². The lowest BCUT2D eigenvalue weighted by molar-refractivity contribution is 0.0828. The van der Waals surface area contributed by atoms with Gasteiger partial charge in [0, 0.05) is 14.1 Å². The van der Waals surface area contributed by atoms with Gasteiger partial charge in [0.15, 0.2) is 0 Å². The third kappa shape index (κ3) is 1.31. The van der Waals surface area contributed by atoms with Crippen molar-refractivity contribution in [1.82, 2.24) is 10.1 Å². The summed E-state index contributed by atoms with van der Waals surface area (Å²) in [4.78, 5) is 12.6. The molecule has 0 aliphatic carbocycles. The van der Waals surface area contributed by atoms with Gasteiger partial charge in [-0.25, -0.2) is 0 Å². The Hall–Kier alpha value is -1.52. The fourth-order valence-electron chi connectivity index (χ4n) is 0.650. The van der Waals surface area contributed by atoms with Gasteiger partial charge in [0.25, 0.3) is 5.91 Å². The maximum absolute atomic E-state index is 11.2. The van der Waals surface area contributed by atoms with Crippen LogP contribution in [0.15, 0.2) is 10.7 Å². The molecule has 60 valence electrons. The first kappa shape index (κ1) is 7.59. The number of carbonyl (C=O) groups is 1. The number of nitrogen functional groups attached to an aromatic ring is 1. The molecular formula is C6H9N3O2. The van der Waals surface area contributed by atoms with E-state index in [1.54, 1.807) is 14.1 Å². The number of hydrogen-bond acceptors (Lipinski definition) is 4. The zero-order valence-electron chi connectivity index (χ0n) is 6.37. The van der Waals surface area contributed by atoms with E-state index in [0.29, 0.717) is 5.56 Å². The number of nitrogens with two attached hydrogens (primary N) is 1. The summed E-state index contributed by atoms with van der Waals surface area (Å²) >= 11 is 0. The highest BCUT2D eigenvalue weighted by atomic mass is 16.5. The van der Waals surface area contributed by atoms with Gasteiger partial charge in [-0.2, -0.15) is 0 Å². The molecule has 0 saturated heterocycles. The van der Waals surface area contributed by atoms with Crippen LogP contribution in [-0.2, 0) is 0 Å². The van der Waals surface area contributed by atoms with E-state index in [0.717, 1.165) is 0 Å². The molecule has 0 fully saturated rings. The molecule has 0 aliphatic heterocycles. The van der Waals surface area contributed by atoms with Crippen LogP contribution in [-0.4, -0.2) is 30.1 Å². The summed E-state index contributed by atoms with van der Waals surface area (Å²) in [6.45, 7) is 0. The first-order valence-corrected chi connectivity index (χ1v) is 3.04. The summed E-state index contributed by atoms with van der Waals surface area (Å²) in [5.41, 5.74) is 5.60. The topological polar surface area (TPSA) is 72.4 Å². The predicted molar refractivity (Wildman–Crippen MR) is 38.9 cm³/mol. The average Bonchev–Trinajstić information content (AvgIpc) is 2.33. The minimum absolute atomic E-state index is 0.0590. The molecule has 1 amide bonds. The summed E-state index contributed by atoms with van der Waals surface area (Å²) in [6, 6.07) is 0. The first-order valence-electron chi connectivity index (χ1n) is 3.04. The van der Waals surface area contributed by atoms with Crippen molar-refractivity contribution in [2.24, 2.45) is 0 Å². The van der Waals surface area contributed by atoms with Crippen LogP contribution in [0.1, 0.15) is 10.4 Å². The number of aromatic nitrogens is 1. The molecule has 1 rings (SSSR count). The zero-order valence-corrected chi connectivity index (χ0v) is 6.37. The van der Waals surface area contributed by atoms with Crippen molar-refractivity contribution < 1.29 is 9.32 Å². The molecule has 1 aromatic heterocycles. The van der Waals surface area contributed by atoms with Crippen molar-refractivity contribution in [3.05, 3.63) is 11.8 Å². The number of nitrogens with zero attached hydrogens (tertiary/aromatic N) is 2. The van der Waals surface area contributed by atoms with Gasteiger partial charge in [0.05, 0.1) is 6.20 Å². The molecule has 0 bridgehead atoms. The number of amides is 1. The SMILES string of the molecule is CN(C)C(=O)c1cnoc1N. The maximum Gasteiger partial charge on any atom is 0.260 e. The fraction of sp³-hybridized carbons (Fsp3) is 0.333. The number of rotatable bonds is 1. The summed E-state index contributed by atoms with van der Waals surface area (Å²) in [5.74, 6) is -0.146. The Bertz CT molecular complexity index is 267. The summed E-state index contributed by atoms with van der Waals surface area (Å²) in [5, 5.41) is 3.38. The average molecular weight is 155 g/mol. The monoisotopic (exact) mass is 155 g/mol. The van der Waals surface area contributed by atoms with Crippen LogP contribution < -0.4 is 5.73 Å². The molecule has 1 aromatic rings. The number of carbonyl (C=O) groups excluding carboxylic acids is 1. The third-order valence-corrected chi connectivity index (χ3v) is 1.23. The zero-order chi connectivity index (χ0) is 8.43. The van der Waals surface area contributed by atoms with Gasteiger partial charge in [0.2, 0.25) is 5.88 Å². The molecule has 0 aromatic carbocycles. The van der Waals surface area contributed by atoms with Gasteiger partial charge in [-0.15, -0.1) is 0 Å². The Balaban J connectivity index is 2.93. The second kappa shape index (κ2) is 2.61. The maximum atomic E-state index is 11.2. The molecule has 0 aliphatic rings. The van der Waals surface area contributed by atoms with Crippen molar-refractivity contribution in [3.8, 4) is 0 Å². The van der Waals surface area contributed by atoms with E-state index in [-0.39, 0.29) is 11.8 Å². The number of hydrogen-bond donors (Lipinski definition) is 1. The summed E-state index contributed by atoms with van der Waals surface area (Å²) in [7, 11) is 3.27. The summed E-state index contributed by atoms with van der Waals surface area (Å²) < 4.78 is 4.52. The first-order chi connectivity index (χ1) is 5.13. The van der Waals surface area contributed by atoms with E-state index in [1.807, 2.05) is 0 Å². The highest BCUT2D eigenvalue weighted by molar-refractivity contribution is 5.97. The van der Waals surface area contributed by atoms with E-state index >= 15 is 0 Å². The molecule has 2 N–H and O–H groups in total. The van der Waals surface area contributed by atoms with Gasteiger partial charge >= 0.3 is 0 Å². The van der Waals surface area contributed by atoms with Crippen molar-refractivity contribution >= 4 is 11.8 Å². The standard InChI is InChI=1S/C6H9N3O2/c1-9(2)6(10)4-3-8-11-5(4)7/h3H,7H2,1-2H3. The lowest BCUT2D eigenvalue weighted by atomic mass is 10.3. The van der Waals surface area contributed by atoms with Crippen LogP contribution in [0.5, 0.6) is 0 Å². The normalized spacial score (nSPS) is 9.64. The molecule has 5 nitrogen and oxygen atoms in total. The van der Waals surface area contributed by atoms with Gasteiger partial charge in [-0.1, -0.05) is 5.16 Å². The lowest BCUT2D eigenvalue weighted by Gasteiger charge is -2.07. The molecule has 0 radical (unpaired) electrons. The Morgan fingerprint density at radius 3 is 2.73 bits per heavy atom.